The minimum atomic E-state index is -0.144. The molecule has 4 heteroatoms. The van der Waals surface area contributed by atoms with Gasteiger partial charge >= 0.3 is 0 Å². The van der Waals surface area contributed by atoms with Crippen molar-refractivity contribution in [2.75, 3.05) is 6.54 Å². The van der Waals surface area contributed by atoms with E-state index in [1.165, 1.54) is 4.88 Å². The van der Waals surface area contributed by atoms with E-state index in [9.17, 15) is 4.79 Å². The van der Waals surface area contributed by atoms with Crippen molar-refractivity contribution in [3.8, 4) is 0 Å². The van der Waals surface area contributed by atoms with Crippen molar-refractivity contribution < 1.29 is 4.79 Å². The zero-order valence-corrected chi connectivity index (χ0v) is 11.8. The van der Waals surface area contributed by atoms with Gasteiger partial charge in [0.15, 0.2) is 0 Å². The van der Waals surface area contributed by atoms with Gasteiger partial charge < -0.3 is 11.1 Å². The molecule has 2 unspecified atom stereocenters. The summed E-state index contributed by atoms with van der Waals surface area (Å²) in [6, 6.07) is 4.03. The van der Waals surface area contributed by atoms with Gasteiger partial charge in [0.25, 0.3) is 0 Å². The van der Waals surface area contributed by atoms with Crippen LogP contribution in [0.2, 0.25) is 0 Å². The molecule has 0 spiro atoms. The highest BCUT2D eigenvalue weighted by Gasteiger charge is 2.24. The van der Waals surface area contributed by atoms with E-state index in [1.807, 2.05) is 19.9 Å². The number of hydrogen-bond donors (Lipinski definition) is 2. The molecular weight excluding hydrogens is 232 g/mol. The van der Waals surface area contributed by atoms with Gasteiger partial charge in [0.05, 0.1) is 0 Å². The predicted molar refractivity (Wildman–Crippen MR) is 73.2 cm³/mol. The molecule has 0 fully saturated rings. The lowest BCUT2D eigenvalue weighted by Gasteiger charge is -2.25. The van der Waals surface area contributed by atoms with E-state index in [0.29, 0.717) is 6.54 Å². The molecule has 0 aliphatic rings. The van der Waals surface area contributed by atoms with Gasteiger partial charge in [-0.2, -0.15) is 0 Å². The van der Waals surface area contributed by atoms with E-state index < -0.39 is 0 Å². The number of thiophene rings is 1. The smallest absolute Gasteiger partial charge is 0.224 e. The van der Waals surface area contributed by atoms with Gasteiger partial charge in [0.2, 0.25) is 5.91 Å². The van der Waals surface area contributed by atoms with Crippen molar-refractivity contribution in [3.05, 3.63) is 22.4 Å². The van der Waals surface area contributed by atoms with E-state index >= 15 is 0 Å². The van der Waals surface area contributed by atoms with E-state index in [1.54, 1.807) is 11.3 Å². The highest BCUT2D eigenvalue weighted by atomic mass is 32.1. The zero-order chi connectivity index (χ0) is 13.1. The molecule has 1 rings (SSSR count). The molecule has 2 atom stereocenters. The van der Waals surface area contributed by atoms with Crippen molar-refractivity contribution in [1.82, 2.24) is 5.32 Å². The molecule has 0 saturated carbocycles. The molecule has 0 aromatic carbocycles. The molecule has 0 aliphatic carbocycles. The molecule has 3 nitrogen and oxygen atoms in total. The first-order chi connectivity index (χ1) is 7.84. The standard InChI is InChI=1S/C13H22N2OS/c1-9(10(2)14)12(16)15-8-13(3,4)11-6-5-7-17-11/h5-7,9-10H,8,14H2,1-4H3,(H,15,16). The summed E-state index contributed by atoms with van der Waals surface area (Å²) in [5.74, 6) is -0.112. The van der Waals surface area contributed by atoms with Gasteiger partial charge in [-0.25, -0.2) is 0 Å². The first kappa shape index (κ1) is 14.2. The van der Waals surface area contributed by atoms with Crippen LogP contribution in [0.25, 0.3) is 0 Å². The van der Waals surface area contributed by atoms with Crippen LogP contribution in [0.5, 0.6) is 0 Å². The van der Waals surface area contributed by atoms with Gasteiger partial charge in [-0.15, -0.1) is 11.3 Å². The number of hydrogen-bond acceptors (Lipinski definition) is 3. The van der Waals surface area contributed by atoms with Crippen LogP contribution in [0, 0.1) is 5.92 Å². The molecule has 17 heavy (non-hydrogen) atoms. The van der Waals surface area contributed by atoms with Crippen molar-refractivity contribution in [3.63, 3.8) is 0 Å². The molecular formula is C13H22N2OS. The van der Waals surface area contributed by atoms with Gasteiger partial charge in [-0.3, -0.25) is 4.79 Å². The van der Waals surface area contributed by atoms with Crippen LogP contribution in [-0.4, -0.2) is 18.5 Å². The van der Waals surface area contributed by atoms with Gasteiger partial charge in [-0.1, -0.05) is 26.8 Å². The molecule has 96 valence electrons. The maximum Gasteiger partial charge on any atom is 0.224 e. The maximum absolute atomic E-state index is 11.8. The Balaban J connectivity index is 2.53. The Bertz CT molecular complexity index is 358. The Morgan fingerprint density at radius 1 is 1.53 bits per heavy atom. The summed E-state index contributed by atoms with van der Waals surface area (Å²) in [4.78, 5) is 13.1. The van der Waals surface area contributed by atoms with E-state index in [2.05, 4.69) is 30.6 Å². The van der Waals surface area contributed by atoms with Gasteiger partial charge in [0.1, 0.15) is 0 Å². The van der Waals surface area contributed by atoms with E-state index in [0.717, 1.165) is 0 Å². The lowest BCUT2D eigenvalue weighted by molar-refractivity contribution is -0.125. The minimum absolute atomic E-state index is 0.0264. The molecule has 1 aromatic rings. The third-order valence-corrected chi connectivity index (χ3v) is 4.33. The monoisotopic (exact) mass is 254 g/mol. The van der Waals surface area contributed by atoms with Crippen LogP contribution < -0.4 is 11.1 Å². The van der Waals surface area contributed by atoms with Crippen molar-refractivity contribution >= 4 is 17.2 Å². The van der Waals surface area contributed by atoms with Crippen LogP contribution >= 0.6 is 11.3 Å². The summed E-state index contributed by atoms with van der Waals surface area (Å²) in [6.45, 7) is 8.63. The van der Waals surface area contributed by atoms with Crippen LogP contribution in [0.4, 0.5) is 0 Å². The Hall–Kier alpha value is -0.870. The fraction of sp³-hybridized carbons (Fsp3) is 0.615. The average Bonchev–Trinajstić information content (AvgIpc) is 2.78. The number of nitrogens with two attached hydrogens (primary N) is 1. The SMILES string of the molecule is CC(N)C(C)C(=O)NCC(C)(C)c1cccs1. The molecule has 0 aliphatic heterocycles. The van der Waals surface area contributed by atoms with Crippen LogP contribution in [0.3, 0.4) is 0 Å². The summed E-state index contributed by atoms with van der Waals surface area (Å²) >= 11 is 1.72. The van der Waals surface area contributed by atoms with E-state index in [4.69, 9.17) is 5.73 Å². The number of amides is 1. The van der Waals surface area contributed by atoms with Gasteiger partial charge in [-0.05, 0) is 18.4 Å². The minimum Gasteiger partial charge on any atom is -0.355 e. The predicted octanol–water partition coefficient (Wildman–Crippen LogP) is 2.13. The quantitative estimate of drug-likeness (QED) is 0.845. The maximum atomic E-state index is 11.8. The van der Waals surface area contributed by atoms with Crippen LogP contribution in [0.1, 0.15) is 32.6 Å². The van der Waals surface area contributed by atoms with Crippen LogP contribution in [0.15, 0.2) is 17.5 Å². The lowest BCUT2D eigenvalue weighted by atomic mass is 9.91. The second-order valence-corrected chi connectivity index (χ2v) is 6.17. The van der Waals surface area contributed by atoms with Crippen molar-refractivity contribution in [1.29, 1.82) is 0 Å². The lowest BCUT2D eigenvalue weighted by Crippen LogP contribution is -2.43. The normalized spacial score (nSPS) is 15.4. The third kappa shape index (κ3) is 3.82. The summed E-state index contributed by atoms with van der Waals surface area (Å²) in [5, 5.41) is 5.04. The fourth-order valence-corrected chi connectivity index (χ4v) is 2.31. The fourth-order valence-electron chi connectivity index (χ4n) is 1.46. The molecule has 1 amide bonds. The second kappa shape index (κ2) is 5.65. The van der Waals surface area contributed by atoms with E-state index in [-0.39, 0.29) is 23.3 Å². The zero-order valence-electron chi connectivity index (χ0n) is 11.0. The number of carbonyl (C=O) groups excluding carboxylic acids is 1. The topological polar surface area (TPSA) is 55.1 Å². The van der Waals surface area contributed by atoms with Crippen LogP contribution in [-0.2, 0) is 10.2 Å². The molecule has 0 saturated heterocycles. The summed E-state index contributed by atoms with van der Waals surface area (Å²) < 4.78 is 0. The Labute approximate surface area is 107 Å². The van der Waals surface area contributed by atoms with Gasteiger partial charge in [0, 0.05) is 28.8 Å². The van der Waals surface area contributed by atoms with Crippen molar-refractivity contribution in [2.45, 2.75) is 39.2 Å². The highest BCUT2D eigenvalue weighted by molar-refractivity contribution is 7.10. The molecule has 3 N–H and O–H groups in total. The number of rotatable bonds is 5. The van der Waals surface area contributed by atoms with Crippen molar-refractivity contribution in [2.24, 2.45) is 11.7 Å². The Morgan fingerprint density at radius 2 is 2.18 bits per heavy atom. The molecule has 0 radical (unpaired) electrons. The average molecular weight is 254 g/mol. The molecule has 1 aromatic heterocycles. The molecule has 0 bridgehead atoms. The highest BCUT2D eigenvalue weighted by Crippen LogP contribution is 2.26. The largest absolute Gasteiger partial charge is 0.355 e. The summed E-state index contributed by atoms with van der Waals surface area (Å²) in [5.41, 5.74) is 5.69. The summed E-state index contributed by atoms with van der Waals surface area (Å²) in [6.07, 6.45) is 0. The Morgan fingerprint density at radius 3 is 2.65 bits per heavy atom. The number of nitrogens with one attached hydrogen (secondary N) is 1. The molecule has 1 heterocycles. The first-order valence-corrected chi connectivity index (χ1v) is 6.80. The second-order valence-electron chi connectivity index (χ2n) is 5.23. The third-order valence-electron chi connectivity index (χ3n) is 3.10. The number of carbonyl (C=O) groups is 1. The Kier molecular flexibility index (Phi) is 4.71. The summed E-state index contributed by atoms with van der Waals surface area (Å²) in [7, 11) is 0. The first-order valence-electron chi connectivity index (χ1n) is 5.92.